The summed E-state index contributed by atoms with van der Waals surface area (Å²) in [6.45, 7) is 5.72. The largest absolute Gasteiger partial charge is 0.324 e. The van der Waals surface area contributed by atoms with Crippen molar-refractivity contribution in [1.29, 1.82) is 0 Å². The molecule has 1 saturated heterocycles. The minimum Gasteiger partial charge on any atom is -0.324 e. The number of hydrogen-bond acceptors (Lipinski definition) is 4. The lowest BCUT2D eigenvalue weighted by atomic mass is 10.0. The molecule has 0 aromatic heterocycles. The van der Waals surface area contributed by atoms with Crippen LogP contribution in [0.15, 0.2) is 54.6 Å². The van der Waals surface area contributed by atoms with Crippen LogP contribution in [0.3, 0.4) is 0 Å². The summed E-state index contributed by atoms with van der Waals surface area (Å²) < 4.78 is 0. The lowest BCUT2D eigenvalue weighted by Crippen LogP contribution is -2.41. The highest BCUT2D eigenvalue weighted by Gasteiger charge is 2.28. The first-order valence-corrected chi connectivity index (χ1v) is 10.4. The molecule has 154 valence electrons. The first-order valence-electron chi connectivity index (χ1n) is 9.25. The molecule has 0 saturated carbocycles. The van der Waals surface area contributed by atoms with Crippen molar-refractivity contribution in [3.05, 3.63) is 65.7 Å². The molecule has 2 aromatic carbocycles. The SMILES string of the molecule is CCNCc1cccc(NC(=O)C(c2ccccc2)N2CCSCC2)c1.Cl.Cl. The maximum Gasteiger partial charge on any atom is 0.246 e. The Kier molecular flexibility index (Phi) is 11.6. The van der Waals surface area contributed by atoms with Crippen LogP contribution in [-0.2, 0) is 11.3 Å². The minimum atomic E-state index is -0.241. The Morgan fingerprint density at radius 3 is 2.46 bits per heavy atom. The second-order valence-corrected chi connectivity index (χ2v) is 7.66. The average Bonchev–Trinajstić information content (AvgIpc) is 2.68. The van der Waals surface area contributed by atoms with Gasteiger partial charge in [-0.1, -0.05) is 49.4 Å². The van der Waals surface area contributed by atoms with E-state index in [9.17, 15) is 4.79 Å². The second-order valence-electron chi connectivity index (χ2n) is 6.43. The quantitative estimate of drug-likeness (QED) is 0.669. The van der Waals surface area contributed by atoms with E-state index >= 15 is 0 Å². The lowest BCUT2D eigenvalue weighted by molar-refractivity contribution is -0.121. The molecule has 28 heavy (non-hydrogen) atoms. The predicted octanol–water partition coefficient (Wildman–Crippen LogP) is 4.37. The van der Waals surface area contributed by atoms with Gasteiger partial charge in [0.25, 0.3) is 0 Å². The normalized spacial score (nSPS) is 15.0. The van der Waals surface area contributed by atoms with Crippen molar-refractivity contribution in [2.45, 2.75) is 19.5 Å². The average molecular weight is 442 g/mol. The van der Waals surface area contributed by atoms with E-state index in [0.717, 1.165) is 48.9 Å². The van der Waals surface area contributed by atoms with Gasteiger partial charge in [0.15, 0.2) is 0 Å². The van der Waals surface area contributed by atoms with Crippen LogP contribution in [0, 0.1) is 0 Å². The molecule has 2 N–H and O–H groups in total. The number of anilines is 1. The topological polar surface area (TPSA) is 44.4 Å². The maximum atomic E-state index is 13.2. The Morgan fingerprint density at radius 2 is 1.79 bits per heavy atom. The molecule has 1 atom stereocenters. The molecule has 1 aliphatic rings. The van der Waals surface area contributed by atoms with Gasteiger partial charge in [0.1, 0.15) is 6.04 Å². The number of amides is 1. The van der Waals surface area contributed by atoms with E-state index in [1.807, 2.05) is 54.2 Å². The van der Waals surface area contributed by atoms with Crippen LogP contribution in [0.2, 0.25) is 0 Å². The van der Waals surface area contributed by atoms with Gasteiger partial charge in [0, 0.05) is 36.8 Å². The summed E-state index contributed by atoms with van der Waals surface area (Å²) >= 11 is 1.96. The summed E-state index contributed by atoms with van der Waals surface area (Å²) in [4.78, 5) is 15.5. The first kappa shape index (κ1) is 24.8. The fourth-order valence-corrected chi connectivity index (χ4v) is 4.17. The van der Waals surface area contributed by atoms with Crippen molar-refractivity contribution < 1.29 is 4.79 Å². The Labute approximate surface area is 184 Å². The highest BCUT2D eigenvalue weighted by atomic mass is 35.5. The number of benzene rings is 2. The summed E-state index contributed by atoms with van der Waals surface area (Å²) in [7, 11) is 0. The van der Waals surface area contributed by atoms with Gasteiger partial charge in [-0.25, -0.2) is 0 Å². The maximum absolute atomic E-state index is 13.2. The van der Waals surface area contributed by atoms with E-state index in [1.165, 1.54) is 5.56 Å². The number of carbonyl (C=O) groups is 1. The van der Waals surface area contributed by atoms with Gasteiger partial charge in [-0.15, -0.1) is 24.8 Å². The summed E-state index contributed by atoms with van der Waals surface area (Å²) in [5.41, 5.74) is 3.09. The van der Waals surface area contributed by atoms with Gasteiger partial charge in [-0.05, 0) is 29.8 Å². The van der Waals surface area contributed by atoms with Crippen molar-refractivity contribution >= 4 is 48.2 Å². The van der Waals surface area contributed by atoms with E-state index in [1.54, 1.807) is 0 Å². The standard InChI is InChI=1S/C21H27N3OS.2ClH/c1-2-22-16-17-7-6-10-19(15-17)23-21(25)20(18-8-4-3-5-9-18)24-11-13-26-14-12-24;;/h3-10,15,20,22H,2,11-14,16H2,1H3,(H,23,25);2*1H. The summed E-state index contributed by atoms with van der Waals surface area (Å²) in [6, 6.07) is 17.9. The lowest BCUT2D eigenvalue weighted by Gasteiger charge is -2.33. The van der Waals surface area contributed by atoms with Crippen LogP contribution in [-0.4, -0.2) is 41.9 Å². The smallest absolute Gasteiger partial charge is 0.246 e. The molecule has 0 bridgehead atoms. The van der Waals surface area contributed by atoms with Crippen molar-refractivity contribution in [2.24, 2.45) is 0 Å². The summed E-state index contributed by atoms with van der Waals surface area (Å²) in [6.07, 6.45) is 0. The van der Waals surface area contributed by atoms with Crippen LogP contribution >= 0.6 is 36.6 Å². The van der Waals surface area contributed by atoms with Gasteiger partial charge in [0.2, 0.25) is 5.91 Å². The first-order chi connectivity index (χ1) is 12.8. The fourth-order valence-electron chi connectivity index (χ4n) is 3.24. The van der Waals surface area contributed by atoms with Gasteiger partial charge < -0.3 is 10.6 Å². The van der Waals surface area contributed by atoms with E-state index in [0.29, 0.717) is 0 Å². The van der Waals surface area contributed by atoms with E-state index < -0.39 is 0 Å². The minimum absolute atomic E-state index is 0. The Morgan fingerprint density at radius 1 is 1.07 bits per heavy atom. The molecule has 4 nitrogen and oxygen atoms in total. The number of hydrogen-bond donors (Lipinski definition) is 2. The number of nitrogens with zero attached hydrogens (tertiary/aromatic N) is 1. The Bertz CT molecular complexity index is 712. The number of halogens is 2. The third-order valence-electron chi connectivity index (χ3n) is 4.55. The molecular weight excluding hydrogens is 413 g/mol. The van der Waals surface area contributed by atoms with Crippen LogP contribution < -0.4 is 10.6 Å². The monoisotopic (exact) mass is 441 g/mol. The summed E-state index contributed by atoms with van der Waals surface area (Å²) in [5.74, 6) is 2.20. The zero-order chi connectivity index (χ0) is 18.2. The Balaban J connectivity index is 0.00000196. The second kappa shape index (κ2) is 13.1. The highest BCUT2D eigenvalue weighted by Crippen LogP contribution is 2.26. The molecular formula is C21H29Cl2N3OS. The molecule has 0 radical (unpaired) electrons. The fraction of sp³-hybridized carbons (Fsp3) is 0.381. The van der Waals surface area contributed by atoms with Crippen molar-refractivity contribution in [1.82, 2.24) is 10.2 Å². The van der Waals surface area contributed by atoms with Crippen LogP contribution in [0.1, 0.15) is 24.1 Å². The van der Waals surface area contributed by atoms with Crippen molar-refractivity contribution in [2.75, 3.05) is 36.5 Å². The number of nitrogens with one attached hydrogen (secondary N) is 2. The van der Waals surface area contributed by atoms with Gasteiger partial charge in [-0.2, -0.15) is 11.8 Å². The van der Waals surface area contributed by atoms with Crippen LogP contribution in [0.25, 0.3) is 0 Å². The van der Waals surface area contributed by atoms with Gasteiger partial charge in [0.05, 0.1) is 0 Å². The van der Waals surface area contributed by atoms with Gasteiger partial charge >= 0.3 is 0 Å². The predicted molar refractivity (Wildman–Crippen MR) is 125 cm³/mol. The Hall–Kier alpha value is -1.24. The number of rotatable bonds is 7. The zero-order valence-electron chi connectivity index (χ0n) is 16.1. The molecule has 3 rings (SSSR count). The molecule has 1 fully saturated rings. The van der Waals surface area contributed by atoms with Crippen LogP contribution in [0.4, 0.5) is 5.69 Å². The zero-order valence-corrected chi connectivity index (χ0v) is 18.5. The van der Waals surface area contributed by atoms with E-state index in [-0.39, 0.29) is 36.8 Å². The molecule has 0 aliphatic carbocycles. The van der Waals surface area contributed by atoms with E-state index in [2.05, 4.69) is 34.6 Å². The van der Waals surface area contributed by atoms with Gasteiger partial charge in [-0.3, -0.25) is 9.69 Å². The molecule has 1 aliphatic heterocycles. The third kappa shape index (κ3) is 6.98. The molecule has 1 unspecified atom stereocenters. The third-order valence-corrected chi connectivity index (χ3v) is 5.49. The number of carbonyl (C=O) groups excluding carboxylic acids is 1. The number of thioether (sulfide) groups is 1. The molecule has 1 heterocycles. The van der Waals surface area contributed by atoms with Crippen LogP contribution in [0.5, 0.6) is 0 Å². The molecule has 1 amide bonds. The molecule has 0 spiro atoms. The van der Waals surface area contributed by atoms with Crippen molar-refractivity contribution in [3.63, 3.8) is 0 Å². The summed E-state index contributed by atoms with van der Waals surface area (Å²) in [5, 5.41) is 6.46. The molecule has 2 aromatic rings. The van der Waals surface area contributed by atoms with E-state index in [4.69, 9.17) is 0 Å². The van der Waals surface area contributed by atoms with Crippen molar-refractivity contribution in [3.8, 4) is 0 Å². The highest BCUT2D eigenvalue weighted by molar-refractivity contribution is 7.99. The molecule has 7 heteroatoms.